The van der Waals surface area contributed by atoms with E-state index in [4.69, 9.17) is 14.2 Å². The van der Waals surface area contributed by atoms with Crippen LogP contribution in [0, 0.1) is 0 Å². The number of halogens is 1. The molecule has 29 heavy (non-hydrogen) atoms. The molecule has 0 radical (unpaired) electrons. The van der Waals surface area contributed by atoms with E-state index in [0.29, 0.717) is 28.6 Å². The lowest BCUT2D eigenvalue weighted by molar-refractivity contribution is -0.121. The van der Waals surface area contributed by atoms with Gasteiger partial charge in [0.05, 0.1) is 20.1 Å². The number of methoxy groups -OCH3 is 2. The van der Waals surface area contributed by atoms with E-state index in [1.807, 2.05) is 42.5 Å². The van der Waals surface area contributed by atoms with Crippen LogP contribution in [-0.2, 0) is 11.2 Å². The van der Waals surface area contributed by atoms with Crippen LogP contribution in [-0.4, -0.2) is 26.7 Å². The number of carbonyl (C=O) groups is 1. The van der Waals surface area contributed by atoms with Crippen molar-refractivity contribution in [3.63, 3.8) is 0 Å². The Kier molecular flexibility index (Phi) is 6.85. The lowest BCUT2D eigenvalue weighted by Crippen LogP contribution is -2.18. The Bertz CT molecular complexity index is 956. The Morgan fingerprint density at radius 3 is 2.28 bits per heavy atom. The van der Waals surface area contributed by atoms with Crippen molar-refractivity contribution in [3.05, 3.63) is 83.9 Å². The minimum absolute atomic E-state index is 0.262. The first-order valence-corrected chi connectivity index (χ1v) is 9.27. The summed E-state index contributed by atoms with van der Waals surface area (Å²) in [6.45, 7) is -1.06. The number of Topliss-reactive ketones (excluding diaryl/α,β-unsaturated/α-hetero) is 1. The Labute approximate surface area is 169 Å². The highest BCUT2D eigenvalue weighted by molar-refractivity contribution is 5.88. The normalized spacial score (nSPS) is 11.6. The maximum absolute atomic E-state index is 13.5. The van der Waals surface area contributed by atoms with Crippen molar-refractivity contribution in [2.75, 3.05) is 20.9 Å². The molecule has 0 aromatic heterocycles. The van der Waals surface area contributed by atoms with E-state index in [1.165, 1.54) is 0 Å². The van der Waals surface area contributed by atoms with Crippen molar-refractivity contribution in [3.8, 4) is 23.0 Å². The lowest BCUT2D eigenvalue weighted by atomic mass is 9.87. The summed E-state index contributed by atoms with van der Waals surface area (Å²) in [7, 11) is 3.13. The second-order valence-corrected chi connectivity index (χ2v) is 6.49. The van der Waals surface area contributed by atoms with Crippen molar-refractivity contribution in [2.45, 2.75) is 12.3 Å². The summed E-state index contributed by atoms with van der Waals surface area (Å²) in [6, 6.07) is 21.8. The Morgan fingerprint density at radius 2 is 1.59 bits per heavy atom. The number of alkyl halides is 1. The number of hydrogen-bond donors (Lipinski definition) is 0. The van der Waals surface area contributed by atoms with Crippen molar-refractivity contribution >= 4 is 5.78 Å². The van der Waals surface area contributed by atoms with Gasteiger partial charge in [-0.25, -0.2) is 4.39 Å². The Balaban J connectivity index is 2.00. The molecule has 0 fully saturated rings. The molecule has 0 heterocycles. The molecule has 3 rings (SSSR count). The van der Waals surface area contributed by atoms with E-state index in [9.17, 15) is 9.18 Å². The van der Waals surface area contributed by atoms with Crippen LogP contribution in [0.1, 0.15) is 17.0 Å². The van der Waals surface area contributed by atoms with Gasteiger partial charge in [-0.15, -0.1) is 0 Å². The van der Waals surface area contributed by atoms with Gasteiger partial charge in [-0.2, -0.15) is 0 Å². The van der Waals surface area contributed by atoms with E-state index in [-0.39, 0.29) is 6.42 Å². The first-order chi connectivity index (χ1) is 14.2. The molecule has 5 heteroatoms. The molecule has 0 N–H and O–H groups in total. The molecule has 0 spiro atoms. The van der Waals surface area contributed by atoms with Gasteiger partial charge < -0.3 is 14.2 Å². The molecule has 0 amide bonds. The Morgan fingerprint density at radius 1 is 0.862 bits per heavy atom. The summed E-state index contributed by atoms with van der Waals surface area (Å²) in [5.74, 6) is 1.18. The monoisotopic (exact) mass is 393 g/mol. The summed E-state index contributed by atoms with van der Waals surface area (Å²) in [6.07, 6.45) is 0.262. The summed E-state index contributed by atoms with van der Waals surface area (Å²) < 4.78 is 30.2. The van der Waals surface area contributed by atoms with Gasteiger partial charge in [0.2, 0.25) is 0 Å². The summed E-state index contributed by atoms with van der Waals surface area (Å²) in [4.78, 5) is 12.6. The molecule has 0 aliphatic carbocycles. The van der Waals surface area contributed by atoms with Gasteiger partial charge >= 0.3 is 0 Å². The van der Waals surface area contributed by atoms with Crippen molar-refractivity contribution in [2.24, 2.45) is 0 Å². The van der Waals surface area contributed by atoms with Crippen LogP contribution >= 0.6 is 0 Å². The van der Waals surface area contributed by atoms with Crippen molar-refractivity contribution < 1.29 is 23.4 Å². The van der Waals surface area contributed by atoms with Gasteiger partial charge in [-0.05, 0) is 48.4 Å². The smallest absolute Gasteiger partial charge is 0.171 e. The summed E-state index contributed by atoms with van der Waals surface area (Å²) in [5, 5.41) is 0. The lowest BCUT2D eigenvalue weighted by Gasteiger charge is -2.20. The number of hydrogen-bond acceptors (Lipinski definition) is 4. The minimum Gasteiger partial charge on any atom is -0.497 e. The highest BCUT2D eigenvalue weighted by Gasteiger charge is 2.26. The maximum Gasteiger partial charge on any atom is 0.171 e. The van der Waals surface area contributed by atoms with Gasteiger partial charge in [0.25, 0.3) is 0 Å². The molecule has 3 aromatic carbocycles. The summed E-state index contributed by atoms with van der Waals surface area (Å²) >= 11 is 0. The zero-order valence-corrected chi connectivity index (χ0v) is 16.4. The van der Waals surface area contributed by atoms with Gasteiger partial charge in [-0.1, -0.05) is 36.4 Å². The molecule has 1 atom stereocenters. The quantitative estimate of drug-likeness (QED) is 0.491. The zero-order valence-electron chi connectivity index (χ0n) is 16.4. The fraction of sp³-hybridized carbons (Fsp3) is 0.208. The van der Waals surface area contributed by atoms with Crippen LogP contribution in [0.3, 0.4) is 0 Å². The standard InChI is InChI=1S/C24H23FO4/c1-27-19-12-13-23(28-2)17(14-19)15-21(22(26)16-25)20-10-6-7-11-24(20)29-18-8-4-3-5-9-18/h3-14,21H,15-16H2,1-2H3/i25-1. The highest BCUT2D eigenvalue weighted by atomic mass is 18.2. The van der Waals surface area contributed by atoms with Crippen molar-refractivity contribution in [1.82, 2.24) is 0 Å². The first kappa shape index (κ1) is 20.4. The van der Waals surface area contributed by atoms with Gasteiger partial charge in [0.1, 0.15) is 29.7 Å². The van der Waals surface area contributed by atoms with Crippen LogP contribution in [0.5, 0.6) is 23.0 Å². The Hall–Kier alpha value is -3.34. The fourth-order valence-electron chi connectivity index (χ4n) is 3.23. The predicted octanol–water partition coefficient (Wildman–Crippen LogP) is 5.36. The number of carbonyl (C=O) groups excluding carboxylic acids is 1. The largest absolute Gasteiger partial charge is 0.497 e. The number of benzene rings is 3. The second kappa shape index (κ2) is 9.73. The molecule has 0 saturated heterocycles. The topological polar surface area (TPSA) is 44.8 Å². The van der Waals surface area contributed by atoms with E-state index >= 15 is 0 Å². The number of ether oxygens (including phenoxy) is 3. The van der Waals surface area contributed by atoms with E-state index in [2.05, 4.69) is 0 Å². The van der Waals surface area contributed by atoms with Crippen LogP contribution < -0.4 is 14.2 Å². The van der Waals surface area contributed by atoms with Crippen molar-refractivity contribution in [1.29, 1.82) is 0 Å². The first-order valence-electron chi connectivity index (χ1n) is 9.27. The molecule has 0 bridgehead atoms. The third kappa shape index (κ3) is 4.93. The minimum atomic E-state index is -1.06. The number of rotatable bonds is 9. The SMILES string of the molecule is COc1ccc(OC)c(CC(C(=O)C[18F])c2ccccc2Oc2ccccc2)c1. The maximum atomic E-state index is 13.5. The van der Waals surface area contributed by atoms with E-state index < -0.39 is 18.4 Å². The van der Waals surface area contributed by atoms with E-state index in [1.54, 1.807) is 44.6 Å². The van der Waals surface area contributed by atoms with Crippen LogP contribution in [0.15, 0.2) is 72.8 Å². The third-order valence-corrected chi connectivity index (χ3v) is 4.70. The number of ketones is 1. The molecular formula is C24H23FO4. The molecule has 3 aromatic rings. The van der Waals surface area contributed by atoms with Crippen LogP contribution in [0.4, 0.5) is 4.39 Å². The fourth-order valence-corrected chi connectivity index (χ4v) is 3.23. The third-order valence-electron chi connectivity index (χ3n) is 4.70. The molecule has 0 saturated carbocycles. The van der Waals surface area contributed by atoms with E-state index in [0.717, 1.165) is 5.56 Å². The van der Waals surface area contributed by atoms with Crippen LogP contribution in [0.25, 0.3) is 0 Å². The molecule has 150 valence electrons. The van der Waals surface area contributed by atoms with Gasteiger partial charge in [0.15, 0.2) is 5.78 Å². The molecular weight excluding hydrogens is 370 g/mol. The average Bonchev–Trinajstić information content (AvgIpc) is 2.78. The highest BCUT2D eigenvalue weighted by Crippen LogP contribution is 2.36. The molecule has 4 nitrogen and oxygen atoms in total. The molecule has 1 unspecified atom stereocenters. The van der Waals surface area contributed by atoms with Gasteiger partial charge in [0, 0.05) is 5.56 Å². The van der Waals surface area contributed by atoms with Crippen LogP contribution in [0.2, 0.25) is 0 Å². The number of para-hydroxylation sites is 2. The predicted molar refractivity (Wildman–Crippen MR) is 110 cm³/mol. The second-order valence-electron chi connectivity index (χ2n) is 6.49. The van der Waals surface area contributed by atoms with Gasteiger partial charge in [-0.3, -0.25) is 4.79 Å². The molecule has 0 aliphatic rings. The zero-order chi connectivity index (χ0) is 20.6. The summed E-state index contributed by atoms with van der Waals surface area (Å²) in [5.41, 5.74) is 1.39. The average molecular weight is 393 g/mol. The molecule has 0 aliphatic heterocycles.